The van der Waals surface area contributed by atoms with Crippen molar-refractivity contribution in [2.24, 2.45) is 0 Å². The second-order valence-electron chi connectivity index (χ2n) is 6.24. The first kappa shape index (κ1) is 17.8. The molecule has 3 aromatic rings. The number of rotatable bonds is 7. The van der Waals surface area contributed by atoms with Crippen LogP contribution in [0.25, 0.3) is 10.8 Å². The van der Waals surface area contributed by atoms with Gasteiger partial charge >= 0.3 is 0 Å². The van der Waals surface area contributed by atoms with Crippen molar-refractivity contribution in [1.29, 1.82) is 0 Å². The van der Waals surface area contributed by atoms with Crippen molar-refractivity contribution in [1.82, 2.24) is 5.32 Å². The molecule has 0 aliphatic carbocycles. The molecule has 0 aliphatic rings. The maximum Gasteiger partial charge on any atom is 0.258 e. The van der Waals surface area contributed by atoms with E-state index in [2.05, 4.69) is 11.4 Å². The lowest BCUT2D eigenvalue weighted by Crippen LogP contribution is -2.32. The Bertz CT molecular complexity index is 905. The number of aryl methyl sites for hydroxylation is 2. The fourth-order valence-corrected chi connectivity index (χ4v) is 2.62. The van der Waals surface area contributed by atoms with Crippen LogP contribution < -0.4 is 14.8 Å². The summed E-state index contributed by atoms with van der Waals surface area (Å²) in [4.78, 5) is 11.9. The van der Waals surface area contributed by atoms with E-state index >= 15 is 0 Å². The molecule has 0 spiro atoms. The second kappa shape index (κ2) is 8.39. The molecule has 0 aromatic heterocycles. The maximum atomic E-state index is 11.9. The van der Waals surface area contributed by atoms with E-state index in [1.807, 2.05) is 68.4 Å². The lowest BCUT2D eigenvalue weighted by Gasteiger charge is -2.10. The molecule has 1 amide bonds. The molecule has 4 nitrogen and oxygen atoms in total. The Morgan fingerprint density at radius 1 is 0.846 bits per heavy atom. The van der Waals surface area contributed by atoms with E-state index in [9.17, 15) is 4.79 Å². The van der Waals surface area contributed by atoms with Crippen molar-refractivity contribution in [3.63, 3.8) is 0 Å². The Hall–Kier alpha value is -3.01. The molecule has 0 bridgehead atoms. The van der Waals surface area contributed by atoms with E-state index in [1.54, 1.807) is 0 Å². The van der Waals surface area contributed by atoms with Crippen LogP contribution in [0, 0.1) is 13.8 Å². The van der Waals surface area contributed by atoms with Gasteiger partial charge in [-0.3, -0.25) is 4.79 Å². The summed E-state index contributed by atoms with van der Waals surface area (Å²) in [6.45, 7) is 4.90. The predicted molar refractivity (Wildman–Crippen MR) is 104 cm³/mol. The first-order chi connectivity index (χ1) is 12.6. The Morgan fingerprint density at radius 2 is 1.58 bits per heavy atom. The van der Waals surface area contributed by atoms with Crippen LogP contribution in [0.2, 0.25) is 0 Å². The van der Waals surface area contributed by atoms with E-state index in [0.29, 0.717) is 18.9 Å². The summed E-state index contributed by atoms with van der Waals surface area (Å²) in [5, 5.41) is 5.11. The number of ether oxygens (including phenoxy) is 2. The molecule has 1 N–H and O–H groups in total. The summed E-state index contributed by atoms with van der Waals surface area (Å²) in [6.07, 6.45) is 0. The summed E-state index contributed by atoms with van der Waals surface area (Å²) in [5.74, 6) is 1.34. The molecule has 0 radical (unpaired) electrons. The molecule has 3 rings (SSSR count). The van der Waals surface area contributed by atoms with Gasteiger partial charge in [0.25, 0.3) is 5.91 Å². The largest absolute Gasteiger partial charge is 0.492 e. The van der Waals surface area contributed by atoms with E-state index in [1.165, 1.54) is 10.9 Å². The van der Waals surface area contributed by atoms with Gasteiger partial charge in [-0.2, -0.15) is 0 Å². The third kappa shape index (κ3) is 4.76. The van der Waals surface area contributed by atoms with Gasteiger partial charge in [-0.05, 0) is 60.0 Å². The van der Waals surface area contributed by atoms with Gasteiger partial charge in [-0.1, -0.05) is 36.4 Å². The molecule has 134 valence electrons. The van der Waals surface area contributed by atoms with Crippen molar-refractivity contribution in [2.45, 2.75) is 13.8 Å². The van der Waals surface area contributed by atoms with Crippen LogP contribution in [0.4, 0.5) is 0 Å². The number of carbonyl (C=O) groups excluding carboxylic acids is 1. The van der Waals surface area contributed by atoms with Crippen molar-refractivity contribution >= 4 is 16.7 Å². The fourth-order valence-electron chi connectivity index (χ4n) is 2.62. The average molecular weight is 349 g/mol. The van der Waals surface area contributed by atoms with Gasteiger partial charge < -0.3 is 14.8 Å². The van der Waals surface area contributed by atoms with Gasteiger partial charge in [0.2, 0.25) is 0 Å². The highest BCUT2D eigenvalue weighted by atomic mass is 16.5. The molecule has 0 fully saturated rings. The standard InChI is InChI=1S/C22H23NO3/c1-16-7-9-20(13-17(16)2)26-15-22(24)23-11-12-25-21-10-8-18-5-3-4-6-19(18)14-21/h3-10,13-14H,11-12,15H2,1-2H3,(H,23,24). The van der Waals surface area contributed by atoms with Gasteiger partial charge in [0.15, 0.2) is 6.61 Å². The topological polar surface area (TPSA) is 47.6 Å². The van der Waals surface area contributed by atoms with Gasteiger partial charge in [-0.15, -0.1) is 0 Å². The molecule has 0 unspecified atom stereocenters. The van der Waals surface area contributed by atoms with Gasteiger partial charge in [-0.25, -0.2) is 0 Å². The number of benzene rings is 3. The zero-order chi connectivity index (χ0) is 18.4. The predicted octanol–water partition coefficient (Wildman–Crippen LogP) is 4.03. The molecular formula is C22H23NO3. The first-order valence-corrected chi connectivity index (χ1v) is 8.70. The number of carbonyl (C=O) groups is 1. The molecular weight excluding hydrogens is 326 g/mol. The highest BCUT2D eigenvalue weighted by molar-refractivity contribution is 5.83. The van der Waals surface area contributed by atoms with Crippen molar-refractivity contribution in [2.75, 3.05) is 19.8 Å². The van der Waals surface area contributed by atoms with Crippen LogP contribution in [0.1, 0.15) is 11.1 Å². The third-order valence-electron chi connectivity index (χ3n) is 4.26. The van der Waals surface area contributed by atoms with Crippen LogP contribution in [-0.2, 0) is 4.79 Å². The Morgan fingerprint density at radius 3 is 2.38 bits per heavy atom. The second-order valence-corrected chi connectivity index (χ2v) is 6.24. The Labute approximate surface area is 153 Å². The first-order valence-electron chi connectivity index (χ1n) is 8.70. The molecule has 0 aliphatic heterocycles. The zero-order valence-electron chi connectivity index (χ0n) is 15.1. The number of nitrogens with one attached hydrogen (secondary N) is 1. The number of hydrogen-bond donors (Lipinski definition) is 1. The Kier molecular flexibility index (Phi) is 5.74. The van der Waals surface area contributed by atoms with Crippen molar-refractivity contribution < 1.29 is 14.3 Å². The molecule has 0 saturated heterocycles. The Balaban J connectivity index is 1.39. The van der Waals surface area contributed by atoms with Crippen LogP contribution in [0.3, 0.4) is 0 Å². The highest BCUT2D eigenvalue weighted by Gasteiger charge is 2.04. The van der Waals surface area contributed by atoms with Crippen molar-refractivity contribution in [3.8, 4) is 11.5 Å². The molecule has 0 saturated carbocycles. The zero-order valence-corrected chi connectivity index (χ0v) is 15.1. The fraction of sp³-hybridized carbons (Fsp3) is 0.227. The lowest BCUT2D eigenvalue weighted by molar-refractivity contribution is -0.123. The van der Waals surface area contributed by atoms with Gasteiger partial charge in [0, 0.05) is 0 Å². The van der Waals surface area contributed by atoms with Crippen molar-refractivity contribution in [3.05, 3.63) is 71.8 Å². The minimum Gasteiger partial charge on any atom is -0.492 e. The van der Waals surface area contributed by atoms with E-state index < -0.39 is 0 Å². The molecule has 4 heteroatoms. The minimum absolute atomic E-state index is 0.00151. The highest BCUT2D eigenvalue weighted by Crippen LogP contribution is 2.20. The summed E-state index contributed by atoms with van der Waals surface area (Å²) >= 11 is 0. The summed E-state index contributed by atoms with van der Waals surface area (Å²) < 4.78 is 11.2. The smallest absolute Gasteiger partial charge is 0.258 e. The number of fused-ring (bicyclic) bond motifs is 1. The van der Waals surface area contributed by atoms with Gasteiger partial charge in [0.1, 0.15) is 18.1 Å². The monoisotopic (exact) mass is 349 g/mol. The lowest BCUT2D eigenvalue weighted by atomic mass is 10.1. The summed E-state index contributed by atoms with van der Waals surface area (Å²) in [6, 6.07) is 19.9. The average Bonchev–Trinajstić information content (AvgIpc) is 2.66. The number of amides is 1. The molecule has 26 heavy (non-hydrogen) atoms. The maximum absolute atomic E-state index is 11.9. The van der Waals surface area contributed by atoms with E-state index in [-0.39, 0.29) is 12.5 Å². The third-order valence-corrected chi connectivity index (χ3v) is 4.26. The molecule has 0 heterocycles. The van der Waals surface area contributed by atoms with Crippen LogP contribution >= 0.6 is 0 Å². The number of hydrogen-bond acceptors (Lipinski definition) is 3. The van der Waals surface area contributed by atoms with Crippen LogP contribution in [0.15, 0.2) is 60.7 Å². The SMILES string of the molecule is Cc1ccc(OCC(=O)NCCOc2ccc3ccccc3c2)cc1C. The quantitative estimate of drug-likeness (QED) is 0.655. The van der Waals surface area contributed by atoms with E-state index in [4.69, 9.17) is 9.47 Å². The molecule has 3 aromatic carbocycles. The van der Waals surface area contributed by atoms with E-state index in [0.717, 1.165) is 16.7 Å². The normalized spacial score (nSPS) is 10.5. The van der Waals surface area contributed by atoms with Crippen LogP contribution in [-0.4, -0.2) is 25.7 Å². The van der Waals surface area contributed by atoms with Crippen LogP contribution in [0.5, 0.6) is 11.5 Å². The van der Waals surface area contributed by atoms with Gasteiger partial charge in [0.05, 0.1) is 6.54 Å². The summed E-state index contributed by atoms with van der Waals surface area (Å²) in [7, 11) is 0. The summed E-state index contributed by atoms with van der Waals surface area (Å²) in [5.41, 5.74) is 2.35. The minimum atomic E-state index is -0.162. The molecule has 0 atom stereocenters.